The minimum Gasteiger partial charge on any atom is -0.493 e. The highest BCUT2D eigenvalue weighted by Gasteiger charge is 2.22. The number of benzene rings is 1. The number of methoxy groups -OCH3 is 1. The van der Waals surface area contributed by atoms with Crippen molar-refractivity contribution < 1.29 is 9.47 Å². The van der Waals surface area contributed by atoms with Crippen molar-refractivity contribution >= 4 is 0 Å². The van der Waals surface area contributed by atoms with Gasteiger partial charge in [0.1, 0.15) is 6.61 Å². The Kier molecular flexibility index (Phi) is 3.83. The van der Waals surface area contributed by atoms with Crippen molar-refractivity contribution in [2.24, 2.45) is 0 Å². The zero-order valence-corrected chi connectivity index (χ0v) is 11.5. The first kappa shape index (κ1) is 12.9. The molecule has 1 aromatic carbocycles. The fraction of sp³-hybridized carbons (Fsp3) is 0.312. The van der Waals surface area contributed by atoms with Crippen LogP contribution < -0.4 is 14.8 Å². The normalized spacial score (nSPS) is 17.1. The summed E-state index contributed by atoms with van der Waals surface area (Å²) in [7, 11) is 1.67. The van der Waals surface area contributed by atoms with E-state index in [0.29, 0.717) is 12.6 Å². The lowest BCUT2D eigenvalue weighted by Gasteiger charge is -2.27. The molecule has 0 saturated heterocycles. The van der Waals surface area contributed by atoms with Gasteiger partial charge in [-0.05, 0) is 35.7 Å². The number of ether oxygens (including phenoxy) is 2. The quantitative estimate of drug-likeness (QED) is 0.925. The van der Waals surface area contributed by atoms with Gasteiger partial charge in [-0.3, -0.25) is 4.98 Å². The van der Waals surface area contributed by atoms with E-state index in [0.717, 1.165) is 24.5 Å². The van der Waals surface area contributed by atoms with Crippen molar-refractivity contribution in [2.75, 3.05) is 13.7 Å². The van der Waals surface area contributed by atoms with Crippen molar-refractivity contribution in [3.05, 3.63) is 53.9 Å². The summed E-state index contributed by atoms with van der Waals surface area (Å²) in [5.74, 6) is 1.70. The van der Waals surface area contributed by atoms with Gasteiger partial charge in [0.2, 0.25) is 0 Å². The van der Waals surface area contributed by atoms with Gasteiger partial charge in [0.05, 0.1) is 7.11 Å². The van der Waals surface area contributed by atoms with Crippen LogP contribution >= 0.6 is 0 Å². The summed E-state index contributed by atoms with van der Waals surface area (Å²) < 4.78 is 11.2. The molecule has 1 N–H and O–H groups in total. The van der Waals surface area contributed by atoms with Crippen LogP contribution in [0.1, 0.15) is 11.1 Å². The summed E-state index contributed by atoms with van der Waals surface area (Å²) in [6.45, 7) is 1.49. The SMILES string of the molecule is COc1cccc2c1OC[C@@H](NCc1ccncc1)C2. The molecule has 0 amide bonds. The second kappa shape index (κ2) is 5.92. The van der Waals surface area contributed by atoms with E-state index in [1.165, 1.54) is 11.1 Å². The summed E-state index contributed by atoms with van der Waals surface area (Å²) in [6, 6.07) is 10.4. The molecule has 2 aromatic rings. The minimum atomic E-state index is 0.322. The molecule has 4 heteroatoms. The third-order valence-corrected chi connectivity index (χ3v) is 3.52. The minimum absolute atomic E-state index is 0.322. The Hall–Kier alpha value is -2.07. The van der Waals surface area contributed by atoms with Crippen LogP contribution in [0.25, 0.3) is 0 Å². The molecule has 1 aliphatic heterocycles. The Morgan fingerprint density at radius 2 is 2.15 bits per heavy atom. The average molecular weight is 270 g/mol. The van der Waals surface area contributed by atoms with Gasteiger partial charge < -0.3 is 14.8 Å². The monoisotopic (exact) mass is 270 g/mol. The largest absolute Gasteiger partial charge is 0.493 e. The summed E-state index contributed by atoms with van der Waals surface area (Å²) >= 11 is 0. The number of pyridine rings is 1. The van der Waals surface area contributed by atoms with Crippen LogP contribution in [0.3, 0.4) is 0 Å². The maximum Gasteiger partial charge on any atom is 0.164 e. The molecule has 0 bridgehead atoms. The van der Waals surface area contributed by atoms with Crippen molar-refractivity contribution in [2.45, 2.75) is 19.0 Å². The van der Waals surface area contributed by atoms with Gasteiger partial charge in [0.25, 0.3) is 0 Å². The molecule has 3 rings (SSSR count). The van der Waals surface area contributed by atoms with Crippen LogP contribution in [0.2, 0.25) is 0 Å². The maximum atomic E-state index is 5.85. The number of aromatic nitrogens is 1. The molecule has 2 heterocycles. The molecule has 1 atom stereocenters. The van der Waals surface area contributed by atoms with E-state index in [1.807, 2.05) is 36.7 Å². The molecule has 1 aliphatic rings. The highest BCUT2D eigenvalue weighted by molar-refractivity contribution is 5.48. The molecule has 0 aliphatic carbocycles. The molecule has 0 fully saturated rings. The lowest BCUT2D eigenvalue weighted by atomic mass is 10.0. The van der Waals surface area contributed by atoms with Crippen molar-refractivity contribution in [1.29, 1.82) is 0 Å². The first-order valence-corrected chi connectivity index (χ1v) is 6.78. The lowest BCUT2D eigenvalue weighted by molar-refractivity contribution is 0.226. The zero-order valence-electron chi connectivity index (χ0n) is 11.5. The number of para-hydroxylation sites is 1. The number of hydrogen-bond donors (Lipinski definition) is 1. The number of fused-ring (bicyclic) bond motifs is 1. The van der Waals surface area contributed by atoms with E-state index in [1.54, 1.807) is 7.11 Å². The number of nitrogens with one attached hydrogen (secondary N) is 1. The molecule has 104 valence electrons. The first-order valence-electron chi connectivity index (χ1n) is 6.78. The van der Waals surface area contributed by atoms with Crippen LogP contribution in [-0.4, -0.2) is 24.7 Å². The Bertz CT molecular complexity index is 572. The summed E-state index contributed by atoms with van der Waals surface area (Å²) in [6.07, 6.45) is 4.58. The Labute approximate surface area is 118 Å². The topological polar surface area (TPSA) is 43.4 Å². The van der Waals surface area contributed by atoms with E-state index in [4.69, 9.17) is 9.47 Å². The van der Waals surface area contributed by atoms with Crippen LogP contribution in [0.5, 0.6) is 11.5 Å². The van der Waals surface area contributed by atoms with Crippen molar-refractivity contribution in [1.82, 2.24) is 10.3 Å². The average Bonchev–Trinajstić information content (AvgIpc) is 2.53. The summed E-state index contributed by atoms with van der Waals surface area (Å²) in [4.78, 5) is 4.02. The smallest absolute Gasteiger partial charge is 0.164 e. The van der Waals surface area contributed by atoms with Crippen LogP contribution in [0.15, 0.2) is 42.7 Å². The molecular weight excluding hydrogens is 252 g/mol. The van der Waals surface area contributed by atoms with E-state index in [2.05, 4.69) is 16.4 Å². The Balaban J connectivity index is 1.64. The van der Waals surface area contributed by atoms with Crippen LogP contribution in [-0.2, 0) is 13.0 Å². The highest BCUT2D eigenvalue weighted by Crippen LogP contribution is 2.34. The predicted octanol–water partition coefficient (Wildman–Crippen LogP) is 2.18. The van der Waals surface area contributed by atoms with Crippen LogP contribution in [0, 0.1) is 0 Å². The molecule has 0 spiro atoms. The molecule has 20 heavy (non-hydrogen) atoms. The molecular formula is C16H18N2O2. The highest BCUT2D eigenvalue weighted by atomic mass is 16.5. The van der Waals surface area contributed by atoms with E-state index >= 15 is 0 Å². The number of hydrogen-bond acceptors (Lipinski definition) is 4. The van der Waals surface area contributed by atoms with Gasteiger partial charge in [0, 0.05) is 25.0 Å². The van der Waals surface area contributed by atoms with Crippen LogP contribution in [0.4, 0.5) is 0 Å². The molecule has 0 radical (unpaired) electrons. The zero-order chi connectivity index (χ0) is 13.8. The van der Waals surface area contributed by atoms with E-state index < -0.39 is 0 Å². The first-order chi connectivity index (χ1) is 9.86. The van der Waals surface area contributed by atoms with Gasteiger partial charge >= 0.3 is 0 Å². The maximum absolute atomic E-state index is 5.85. The van der Waals surface area contributed by atoms with Crippen molar-refractivity contribution in [3.8, 4) is 11.5 Å². The Morgan fingerprint density at radius 1 is 1.30 bits per heavy atom. The second-order valence-electron chi connectivity index (χ2n) is 4.90. The van der Waals surface area contributed by atoms with Gasteiger partial charge in [-0.2, -0.15) is 0 Å². The molecule has 4 nitrogen and oxygen atoms in total. The standard InChI is InChI=1S/C16H18N2O2/c1-19-15-4-2-3-13-9-14(11-20-16(13)15)18-10-12-5-7-17-8-6-12/h2-8,14,18H,9-11H2,1H3/t14-/m0/s1. The van der Waals surface area contributed by atoms with Gasteiger partial charge in [-0.15, -0.1) is 0 Å². The van der Waals surface area contributed by atoms with E-state index in [9.17, 15) is 0 Å². The third-order valence-electron chi connectivity index (χ3n) is 3.52. The van der Waals surface area contributed by atoms with Gasteiger partial charge in [-0.25, -0.2) is 0 Å². The number of rotatable bonds is 4. The third kappa shape index (κ3) is 2.75. The predicted molar refractivity (Wildman–Crippen MR) is 77.1 cm³/mol. The summed E-state index contributed by atoms with van der Waals surface area (Å²) in [5.41, 5.74) is 2.43. The fourth-order valence-electron chi connectivity index (χ4n) is 2.45. The number of nitrogens with zero attached hydrogens (tertiary/aromatic N) is 1. The lowest BCUT2D eigenvalue weighted by Crippen LogP contribution is -2.38. The summed E-state index contributed by atoms with van der Waals surface area (Å²) in [5, 5.41) is 3.52. The fourth-order valence-corrected chi connectivity index (χ4v) is 2.45. The van der Waals surface area contributed by atoms with E-state index in [-0.39, 0.29) is 0 Å². The van der Waals surface area contributed by atoms with Gasteiger partial charge in [0.15, 0.2) is 11.5 Å². The van der Waals surface area contributed by atoms with Gasteiger partial charge in [-0.1, -0.05) is 12.1 Å². The molecule has 0 unspecified atom stereocenters. The molecule has 0 saturated carbocycles. The molecule has 1 aromatic heterocycles. The second-order valence-corrected chi connectivity index (χ2v) is 4.90. The Morgan fingerprint density at radius 3 is 2.95 bits per heavy atom. The van der Waals surface area contributed by atoms with Crippen molar-refractivity contribution in [3.63, 3.8) is 0 Å².